The van der Waals surface area contributed by atoms with Crippen molar-refractivity contribution < 1.29 is 13.2 Å². The molecule has 2 aromatic rings. The van der Waals surface area contributed by atoms with Gasteiger partial charge in [-0.2, -0.15) is 0 Å². The Morgan fingerprint density at radius 3 is 2.23 bits per heavy atom. The summed E-state index contributed by atoms with van der Waals surface area (Å²) in [4.78, 5) is 4.47. The number of hydrogen-bond acceptors (Lipinski definition) is 4. The van der Waals surface area contributed by atoms with Crippen molar-refractivity contribution in [2.45, 2.75) is 36.9 Å². The number of halogens is 1. The van der Waals surface area contributed by atoms with E-state index in [1.54, 1.807) is 31.3 Å². The van der Waals surface area contributed by atoms with E-state index in [-0.39, 0.29) is 35.0 Å². The maximum absolute atomic E-state index is 12.4. The summed E-state index contributed by atoms with van der Waals surface area (Å²) in [5.74, 6) is 0.684. The second-order valence-electron chi connectivity index (χ2n) is 6.90. The van der Waals surface area contributed by atoms with Crippen LogP contribution in [0.2, 0.25) is 0 Å². The molecule has 0 spiro atoms. The van der Waals surface area contributed by atoms with Crippen LogP contribution in [0.1, 0.15) is 24.0 Å². The highest BCUT2D eigenvalue weighted by molar-refractivity contribution is 14.0. The van der Waals surface area contributed by atoms with Gasteiger partial charge in [-0.05, 0) is 36.1 Å². The first-order chi connectivity index (χ1) is 14.1. The van der Waals surface area contributed by atoms with Crippen molar-refractivity contribution in [3.8, 4) is 0 Å². The lowest BCUT2D eigenvalue weighted by Gasteiger charge is -2.13. The zero-order valence-corrected chi connectivity index (χ0v) is 20.2. The predicted molar refractivity (Wildman–Crippen MR) is 129 cm³/mol. The first-order valence-electron chi connectivity index (χ1n) is 9.75. The van der Waals surface area contributed by atoms with Gasteiger partial charge in [0.15, 0.2) is 5.96 Å². The summed E-state index contributed by atoms with van der Waals surface area (Å²) < 4.78 is 32.9. The number of hydrogen-bond donors (Lipinski definition) is 3. The quantitative estimate of drug-likeness (QED) is 0.270. The van der Waals surface area contributed by atoms with Gasteiger partial charge in [0.25, 0.3) is 0 Å². The average molecular weight is 544 g/mol. The summed E-state index contributed by atoms with van der Waals surface area (Å²) in [5.41, 5.74) is 2.13. The van der Waals surface area contributed by atoms with E-state index in [1.165, 1.54) is 5.56 Å². The van der Waals surface area contributed by atoms with Crippen molar-refractivity contribution in [3.05, 3.63) is 65.7 Å². The van der Waals surface area contributed by atoms with Gasteiger partial charge in [0.2, 0.25) is 10.0 Å². The number of guanidine groups is 1. The highest BCUT2D eigenvalue weighted by atomic mass is 127. The van der Waals surface area contributed by atoms with Crippen molar-refractivity contribution in [2.75, 3.05) is 20.2 Å². The number of nitrogens with zero attached hydrogens (tertiary/aromatic N) is 1. The molecule has 1 fully saturated rings. The Kier molecular flexibility index (Phi) is 10.0. The Labute approximate surface area is 195 Å². The molecule has 1 unspecified atom stereocenters. The molecule has 1 saturated heterocycles. The predicted octanol–water partition coefficient (Wildman–Crippen LogP) is 2.63. The molecule has 3 N–H and O–H groups in total. The zero-order chi connectivity index (χ0) is 20.5. The number of sulfonamides is 1. The van der Waals surface area contributed by atoms with Gasteiger partial charge < -0.3 is 15.4 Å². The molecule has 30 heavy (non-hydrogen) atoms. The average Bonchev–Trinajstić information content (AvgIpc) is 3.27. The molecule has 0 amide bonds. The summed E-state index contributed by atoms with van der Waals surface area (Å²) in [6, 6.07) is 16.9. The van der Waals surface area contributed by atoms with E-state index in [0.717, 1.165) is 18.4 Å². The fourth-order valence-corrected chi connectivity index (χ4v) is 4.13. The summed E-state index contributed by atoms with van der Waals surface area (Å²) >= 11 is 0. The number of benzene rings is 2. The van der Waals surface area contributed by atoms with Crippen LogP contribution < -0.4 is 15.4 Å². The first-order valence-corrected chi connectivity index (χ1v) is 11.2. The van der Waals surface area contributed by atoms with Gasteiger partial charge in [-0.15, -0.1) is 24.0 Å². The van der Waals surface area contributed by atoms with Gasteiger partial charge in [-0.1, -0.05) is 42.5 Å². The normalized spacial score (nSPS) is 16.7. The molecular weight excluding hydrogens is 515 g/mol. The second-order valence-corrected chi connectivity index (χ2v) is 8.66. The molecule has 164 valence electrons. The van der Waals surface area contributed by atoms with E-state index >= 15 is 0 Å². The minimum Gasteiger partial charge on any atom is -0.377 e. The van der Waals surface area contributed by atoms with Gasteiger partial charge in [-0.3, -0.25) is 4.99 Å². The lowest BCUT2D eigenvalue weighted by molar-refractivity contribution is 0.114. The van der Waals surface area contributed by atoms with Crippen molar-refractivity contribution >= 4 is 40.0 Å². The number of ether oxygens (including phenoxy) is 1. The van der Waals surface area contributed by atoms with Crippen LogP contribution in [0.25, 0.3) is 0 Å². The lowest BCUT2D eigenvalue weighted by Crippen LogP contribution is -2.36. The summed E-state index contributed by atoms with van der Waals surface area (Å²) in [6.45, 7) is 2.23. The molecule has 0 saturated carbocycles. The van der Waals surface area contributed by atoms with Crippen LogP contribution in [0, 0.1) is 0 Å². The Morgan fingerprint density at radius 2 is 1.67 bits per heavy atom. The van der Waals surface area contributed by atoms with E-state index in [0.29, 0.717) is 32.2 Å². The molecule has 1 aliphatic rings. The van der Waals surface area contributed by atoms with Crippen LogP contribution in [0.3, 0.4) is 0 Å². The minimum atomic E-state index is -3.53. The van der Waals surface area contributed by atoms with E-state index in [4.69, 9.17) is 4.74 Å². The van der Waals surface area contributed by atoms with E-state index in [9.17, 15) is 8.42 Å². The highest BCUT2D eigenvalue weighted by Crippen LogP contribution is 2.14. The van der Waals surface area contributed by atoms with Gasteiger partial charge in [0.05, 0.1) is 11.0 Å². The topological polar surface area (TPSA) is 91.8 Å². The van der Waals surface area contributed by atoms with Crippen molar-refractivity contribution in [1.29, 1.82) is 0 Å². The summed E-state index contributed by atoms with van der Waals surface area (Å²) in [7, 11) is -1.81. The van der Waals surface area contributed by atoms with Crippen LogP contribution >= 0.6 is 24.0 Å². The third-order valence-corrected chi connectivity index (χ3v) is 6.18. The molecule has 1 atom stereocenters. The largest absolute Gasteiger partial charge is 0.377 e. The fourth-order valence-electron chi connectivity index (χ4n) is 3.07. The fraction of sp³-hybridized carbons (Fsp3) is 0.381. The lowest BCUT2D eigenvalue weighted by atomic mass is 10.2. The maximum Gasteiger partial charge on any atom is 0.240 e. The van der Waals surface area contributed by atoms with Crippen molar-refractivity contribution in [1.82, 2.24) is 15.4 Å². The molecule has 0 radical (unpaired) electrons. The Bertz CT molecular complexity index is 900. The molecule has 9 heteroatoms. The van der Waals surface area contributed by atoms with Crippen molar-refractivity contribution in [3.63, 3.8) is 0 Å². The third-order valence-electron chi connectivity index (χ3n) is 4.75. The van der Waals surface area contributed by atoms with Gasteiger partial charge in [0.1, 0.15) is 0 Å². The maximum atomic E-state index is 12.4. The number of aliphatic imine (C=N–C) groups is 1. The third kappa shape index (κ3) is 7.53. The number of rotatable bonds is 8. The molecule has 1 heterocycles. The van der Waals surface area contributed by atoms with Crippen molar-refractivity contribution in [2.24, 2.45) is 4.99 Å². The standard InChI is InChI=1S/C21H28N4O3S.HI/c1-22-21(23-14-17-6-3-2-4-7-17)24-15-18-9-11-20(12-10-18)29(26,27)25-16-19-8-5-13-28-19;/h2-4,6-7,9-12,19,25H,5,8,13-16H2,1H3,(H2,22,23,24);1H. The molecule has 1 aliphatic heterocycles. The Balaban J connectivity index is 0.00000320. The number of nitrogens with one attached hydrogen (secondary N) is 3. The molecule has 3 rings (SSSR count). The molecule has 0 aromatic heterocycles. The van der Waals surface area contributed by atoms with Gasteiger partial charge in [-0.25, -0.2) is 13.1 Å². The van der Waals surface area contributed by atoms with E-state index in [2.05, 4.69) is 20.3 Å². The van der Waals surface area contributed by atoms with E-state index in [1.807, 2.05) is 30.3 Å². The van der Waals surface area contributed by atoms with Crippen LogP contribution in [0.15, 0.2) is 64.5 Å². The SMILES string of the molecule is CN=C(NCc1ccccc1)NCc1ccc(S(=O)(=O)NCC2CCCO2)cc1.I. The van der Waals surface area contributed by atoms with Crippen LogP contribution in [0.5, 0.6) is 0 Å². The Morgan fingerprint density at radius 1 is 1.03 bits per heavy atom. The zero-order valence-electron chi connectivity index (χ0n) is 17.0. The van der Waals surface area contributed by atoms with E-state index < -0.39 is 10.0 Å². The smallest absolute Gasteiger partial charge is 0.240 e. The molecule has 2 aromatic carbocycles. The summed E-state index contributed by atoms with van der Waals surface area (Å²) in [6.07, 6.45) is 1.85. The first kappa shape index (κ1) is 24.6. The molecule has 0 bridgehead atoms. The second kappa shape index (κ2) is 12.2. The minimum absolute atomic E-state index is 0. The monoisotopic (exact) mass is 544 g/mol. The molecular formula is C21H29IN4O3S. The van der Waals surface area contributed by atoms with Crippen LogP contribution in [-0.4, -0.2) is 40.7 Å². The summed E-state index contributed by atoms with van der Waals surface area (Å²) in [5, 5.41) is 6.49. The van der Waals surface area contributed by atoms with Gasteiger partial charge in [0, 0.05) is 33.3 Å². The molecule has 7 nitrogen and oxygen atoms in total. The van der Waals surface area contributed by atoms with Crippen LogP contribution in [-0.2, 0) is 27.8 Å². The Hall–Kier alpha value is -1.69. The highest BCUT2D eigenvalue weighted by Gasteiger charge is 2.20. The van der Waals surface area contributed by atoms with Gasteiger partial charge >= 0.3 is 0 Å². The van der Waals surface area contributed by atoms with Crippen LogP contribution in [0.4, 0.5) is 0 Å². The molecule has 0 aliphatic carbocycles.